The highest BCUT2D eigenvalue weighted by Gasteiger charge is 2.77. The molecule has 0 aliphatic carbocycles. The summed E-state index contributed by atoms with van der Waals surface area (Å²) in [4.78, 5) is 31.1. The van der Waals surface area contributed by atoms with Gasteiger partial charge in [0.05, 0.1) is 26.4 Å². The molecule has 2 saturated heterocycles. The molecule has 2 fully saturated rings. The zero-order valence-corrected chi connectivity index (χ0v) is 19.9. The van der Waals surface area contributed by atoms with Crippen molar-refractivity contribution in [3.8, 4) is 5.75 Å². The Morgan fingerprint density at radius 3 is 2.56 bits per heavy atom. The number of aliphatic hydroxyl groups excluding tert-OH is 1. The number of benzene rings is 2. The van der Waals surface area contributed by atoms with Crippen molar-refractivity contribution < 1.29 is 24.2 Å². The van der Waals surface area contributed by atoms with Crippen LogP contribution in [0.1, 0.15) is 11.1 Å². The number of nitrogens with two attached hydrogens (primary N) is 1. The van der Waals surface area contributed by atoms with Crippen LogP contribution in [0.2, 0.25) is 5.02 Å². The molecule has 2 aliphatic rings. The fourth-order valence-electron chi connectivity index (χ4n) is 4.40. The summed E-state index contributed by atoms with van der Waals surface area (Å²) in [5, 5.41) is 9.55. The molecular weight excluding hydrogens is 460 g/mol. The van der Waals surface area contributed by atoms with E-state index in [1.807, 2.05) is 48.2 Å². The van der Waals surface area contributed by atoms with Gasteiger partial charge in [0.25, 0.3) is 5.91 Å². The minimum Gasteiger partial charge on any atom is -0.472 e. The Hall–Kier alpha value is -2.69. The SMILES string of the molecule is Cc1cccc(O[C@H]2N(Cc3ccc(Cl)cc3)C23C(=O)N(CCOCCO)C(=O)N(C)C3N)c1. The number of amides is 3. The average molecular weight is 489 g/mol. The van der Waals surface area contributed by atoms with E-state index >= 15 is 0 Å². The van der Waals surface area contributed by atoms with Gasteiger partial charge >= 0.3 is 6.03 Å². The van der Waals surface area contributed by atoms with Gasteiger partial charge in [0, 0.05) is 18.6 Å². The Labute approximate surface area is 203 Å². The second-order valence-electron chi connectivity index (χ2n) is 8.50. The van der Waals surface area contributed by atoms with E-state index in [9.17, 15) is 9.59 Å². The fourth-order valence-corrected chi connectivity index (χ4v) is 4.53. The smallest absolute Gasteiger partial charge is 0.327 e. The van der Waals surface area contributed by atoms with Crippen LogP contribution in [0.4, 0.5) is 4.79 Å². The first-order valence-electron chi connectivity index (χ1n) is 11.1. The number of rotatable bonds is 9. The topological polar surface area (TPSA) is 108 Å². The van der Waals surface area contributed by atoms with Crippen LogP contribution in [-0.4, -0.2) is 83.1 Å². The zero-order chi connectivity index (χ0) is 24.5. The van der Waals surface area contributed by atoms with Gasteiger partial charge < -0.3 is 25.2 Å². The van der Waals surface area contributed by atoms with E-state index in [2.05, 4.69) is 0 Å². The Morgan fingerprint density at radius 2 is 1.88 bits per heavy atom. The van der Waals surface area contributed by atoms with Crippen LogP contribution in [0, 0.1) is 6.92 Å². The first-order valence-corrected chi connectivity index (χ1v) is 11.5. The molecule has 2 heterocycles. The van der Waals surface area contributed by atoms with E-state index in [0.717, 1.165) is 16.0 Å². The Balaban J connectivity index is 1.66. The van der Waals surface area contributed by atoms with Crippen LogP contribution in [0.15, 0.2) is 48.5 Å². The van der Waals surface area contributed by atoms with Crippen LogP contribution in [0.3, 0.4) is 0 Å². The lowest BCUT2D eigenvalue weighted by Crippen LogP contribution is -2.70. The second-order valence-corrected chi connectivity index (χ2v) is 8.93. The van der Waals surface area contributed by atoms with Gasteiger partial charge in [-0.3, -0.25) is 9.69 Å². The number of imide groups is 1. The third-order valence-corrected chi connectivity index (χ3v) is 6.51. The number of likely N-dealkylation sites (N-methyl/N-ethyl adjacent to an activating group) is 1. The van der Waals surface area contributed by atoms with Gasteiger partial charge in [-0.1, -0.05) is 35.9 Å². The summed E-state index contributed by atoms with van der Waals surface area (Å²) in [5.41, 5.74) is 7.22. The normalized spacial score (nSPS) is 26.3. The molecule has 4 atom stereocenters. The summed E-state index contributed by atoms with van der Waals surface area (Å²) in [5.74, 6) is 0.183. The van der Waals surface area contributed by atoms with Crippen molar-refractivity contribution in [1.29, 1.82) is 0 Å². The van der Waals surface area contributed by atoms with Crippen LogP contribution in [0.5, 0.6) is 5.75 Å². The van der Waals surface area contributed by atoms with E-state index < -0.39 is 29.9 Å². The highest BCUT2D eigenvalue weighted by atomic mass is 35.5. The molecule has 9 nitrogen and oxygen atoms in total. The van der Waals surface area contributed by atoms with Crippen LogP contribution < -0.4 is 10.5 Å². The van der Waals surface area contributed by atoms with Crippen LogP contribution in [0.25, 0.3) is 0 Å². The minimum atomic E-state index is -1.26. The van der Waals surface area contributed by atoms with Gasteiger partial charge in [0.1, 0.15) is 11.9 Å². The molecule has 10 heteroatoms. The summed E-state index contributed by atoms with van der Waals surface area (Å²) in [6.07, 6.45) is -1.59. The third-order valence-electron chi connectivity index (χ3n) is 6.25. The Bertz CT molecular complexity index is 1050. The average Bonchev–Trinajstić information content (AvgIpc) is 3.44. The molecule has 3 amide bonds. The number of carbonyl (C=O) groups is 2. The van der Waals surface area contributed by atoms with Gasteiger partial charge in [-0.05, 0) is 42.3 Å². The lowest BCUT2D eigenvalue weighted by molar-refractivity contribution is -0.139. The highest BCUT2D eigenvalue weighted by molar-refractivity contribution is 6.30. The van der Waals surface area contributed by atoms with Crippen molar-refractivity contribution in [1.82, 2.24) is 14.7 Å². The number of hydrogen-bond donors (Lipinski definition) is 2. The molecule has 1 spiro atoms. The molecule has 34 heavy (non-hydrogen) atoms. The summed E-state index contributed by atoms with van der Waals surface area (Å²) in [6.45, 7) is 2.47. The van der Waals surface area contributed by atoms with Crippen molar-refractivity contribution in [3.05, 3.63) is 64.7 Å². The number of urea groups is 1. The Kier molecular flexibility index (Phi) is 7.11. The summed E-state index contributed by atoms with van der Waals surface area (Å²) in [6, 6.07) is 14.4. The summed E-state index contributed by atoms with van der Waals surface area (Å²) >= 11 is 6.04. The molecule has 0 bridgehead atoms. The maximum atomic E-state index is 13.8. The number of carbonyl (C=O) groups excluding carboxylic acids is 2. The van der Waals surface area contributed by atoms with Crippen molar-refractivity contribution in [2.24, 2.45) is 5.73 Å². The van der Waals surface area contributed by atoms with E-state index in [4.69, 9.17) is 31.9 Å². The summed E-state index contributed by atoms with van der Waals surface area (Å²) < 4.78 is 11.6. The standard InChI is InChI=1S/C24H29ClN4O5/c1-16-4-3-5-19(14-16)34-22-24(29(22)15-17-6-8-18(25)9-7-17)20(26)27(2)23(32)28(21(24)31)10-12-33-13-11-30/h3-9,14,20,22,30H,10-13,15,26H2,1-2H3/t20?,22-,24?,29?/m1/s1. The van der Waals surface area contributed by atoms with Crippen molar-refractivity contribution >= 4 is 23.5 Å². The summed E-state index contributed by atoms with van der Waals surface area (Å²) in [7, 11) is 1.57. The molecule has 4 rings (SSSR count). The van der Waals surface area contributed by atoms with Gasteiger partial charge in [-0.15, -0.1) is 0 Å². The molecule has 3 N–H and O–H groups in total. The van der Waals surface area contributed by atoms with Gasteiger partial charge in [-0.25, -0.2) is 9.69 Å². The molecule has 2 aromatic carbocycles. The number of hydrogen-bond acceptors (Lipinski definition) is 7. The zero-order valence-electron chi connectivity index (χ0n) is 19.2. The third kappa shape index (κ3) is 4.37. The molecule has 0 saturated carbocycles. The van der Waals surface area contributed by atoms with E-state index in [1.165, 1.54) is 4.90 Å². The van der Waals surface area contributed by atoms with Crippen molar-refractivity contribution in [2.75, 3.05) is 33.4 Å². The fraction of sp³-hybridized carbons (Fsp3) is 0.417. The molecule has 0 radical (unpaired) electrons. The predicted octanol–water partition coefficient (Wildman–Crippen LogP) is 1.80. The largest absolute Gasteiger partial charge is 0.472 e. The van der Waals surface area contributed by atoms with Gasteiger partial charge in [0.2, 0.25) is 0 Å². The van der Waals surface area contributed by atoms with Crippen LogP contribution >= 0.6 is 11.6 Å². The first kappa shape index (κ1) is 24.4. The Morgan fingerprint density at radius 1 is 1.15 bits per heavy atom. The maximum absolute atomic E-state index is 13.8. The molecule has 0 aromatic heterocycles. The monoisotopic (exact) mass is 488 g/mol. The highest BCUT2D eigenvalue weighted by Crippen LogP contribution is 2.49. The quantitative estimate of drug-likeness (QED) is 0.409. The second kappa shape index (κ2) is 9.89. The molecule has 2 aliphatic heterocycles. The molecule has 2 aromatic rings. The molecule has 182 valence electrons. The van der Waals surface area contributed by atoms with E-state index in [0.29, 0.717) is 17.3 Å². The van der Waals surface area contributed by atoms with Crippen LogP contribution in [-0.2, 0) is 16.1 Å². The number of aliphatic hydroxyl groups is 1. The number of ether oxygens (including phenoxy) is 2. The van der Waals surface area contributed by atoms with Gasteiger partial charge in [0.15, 0.2) is 11.8 Å². The number of nitrogens with zero attached hydrogens (tertiary/aromatic N) is 3. The first-order chi connectivity index (χ1) is 16.3. The minimum absolute atomic E-state index is 0.0441. The predicted molar refractivity (Wildman–Crippen MR) is 126 cm³/mol. The van der Waals surface area contributed by atoms with Crippen molar-refractivity contribution in [2.45, 2.75) is 31.4 Å². The lowest BCUT2D eigenvalue weighted by atomic mass is 9.99. The number of aryl methyl sites for hydroxylation is 1. The van der Waals surface area contributed by atoms with E-state index in [-0.39, 0.29) is 26.4 Å². The molecule has 3 unspecified atom stereocenters. The van der Waals surface area contributed by atoms with E-state index in [1.54, 1.807) is 19.2 Å². The number of halogens is 1. The molecular formula is C24H29ClN4O5. The lowest BCUT2D eigenvalue weighted by Gasteiger charge is -2.41. The van der Waals surface area contributed by atoms with Crippen molar-refractivity contribution in [3.63, 3.8) is 0 Å². The van der Waals surface area contributed by atoms with Gasteiger partial charge in [-0.2, -0.15) is 0 Å². The maximum Gasteiger partial charge on any atom is 0.327 e.